The molecule has 0 aliphatic carbocycles. The maximum absolute atomic E-state index is 9.63. The number of phenolic OH excluding ortho intramolecular Hbond substituents is 1. The van der Waals surface area contributed by atoms with Gasteiger partial charge in [0.2, 0.25) is 0 Å². The van der Waals surface area contributed by atoms with E-state index in [1.165, 1.54) is 30.5 Å². The van der Waals surface area contributed by atoms with Crippen molar-refractivity contribution in [1.82, 2.24) is 4.90 Å². The maximum Gasteiger partial charge on any atom is 0.115 e. The van der Waals surface area contributed by atoms with E-state index in [1.54, 1.807) is 6.07 Å². The zero-order valence-electron chi connectivity index (χ0n) is 11.7. The first kappa shape index (κ1) is 13.2. The third-order valence-corrected chi connectivity index (χ3v) is 4.10. The number of phenols is 1. The summed E-state index contributed by atoms with van der Waals surface area (Å²) in [7, 11) is 0. The fraction of sp³-hybridized carbons (Fsp3) is 0.333. The second-order valence-corrected chi connectivity index (χ2v) is 5.65. The lowest BCUT2D eigenvalue weighted by molar-refractivity contribution is 0.200. The van der Waals surface area contributed by atoms with E-state index in [-0.39, 0.29) is 0 Å². The Balaban J connectivity index is 1.67. The molecular formula is C18H21NO. The van der Waals surface area contributed by atoms with Crippen molar-refractivity contribution in [1.29, 1.82) is 0 Å². The fourth-order valence-corrected chi connectivity index (χ4v) is 3.09. The van der Waals surface area contributed by atoms with E-state index in [2.05, 4.69) is 41.3 Å². The number of hydrogen-bond donors (Lipinski definition) is 1. The van der Waals surface area contributed by atoms with Crippen molar-refractivity contribution in [3.05, 3.63) is 65.7 Å². The molecule has 0 amide bonds. The number of benzene rings is 2. The largest absolute Gasteiger partial charge is 0.508 e. The Morgan fingerprint density at radius 2 is 1.90 bits per heavy atom. The molecular weight excluding hydrogens is 246 g/mol. The Kier molecular flexibility index (Phi) is 4.03. The van der Waals surface area contributed by atoms with E-state index < -0.39 is 0 Å². The van der Waals surface area contributed by atoms with Crippen LogP contribution in [0.1, 0.15) is 29.9 Å². The maximum atomic E-state index is 9.63. The summed E-state index contributed by atoms with van der Waals surface area (Å²) >= 11 is 0. The van der Waals surface area contributed by atoms with Gasteiger partial charge in [-0.15, -0.1) is 0 Å². The molecule has 3 rings (SSSR count). The second-order valence-electron chi connectivity index (χ2n) is 5.65. The predicted molar refractivity (Wildman–Crippen MR) is 81.8 cm³/mol. The molecule has 0 spiro atoms. The summed E-state index contributed by atoms with van der Waals surface area (Å²) in [6, 6.07) is 18.4. The van der Waals surface area contributed by atoms with Crippen LogP contribution in [0.2, 0.25) is 0 Å². The number of likely N-dealkylation sites (tertiary alicyclic amines) is 1. The summed E-state index contributed by atoms with van der Waals surface area (Å²) in [5, 5.41) is 9.63. The molecule has 1 fully saturated rings. The van der Waals surface area contributed by atoms with Crippen molar-refractivity contribution >= 4 is 0 Å². The molecule has 0 bridgehead atoms. The van der Waals surface area contributed by atoms with E-state index in [4.69, 9.17) is 0 Å². The molecule has 2 heteroatoms. The highest BCUT2D eigenvalue weighted by Crippen LogP contribution is 2.29. The highest BCUT2D eigenvalue weighted by molar-refractivity contribution is 5.30. The average molecular weight is 267 g/mol. The third kappa shape index (κ3) is 3.20. The van der Waals surface area contributed by atoms with Gasteiger partial charge in [0.25, 0.3) is 0 Å². The molecule has 0 radical (unpaired) electrons. The van der Waals surface area contributed by atoms with Crippen LogP contribution in [0.3, 0.4) is 0 Å². The normalized spacial score (nSPS) is 19.9. The second kappa shape index (κ2) is 6.10. The first-order valence-corrected chi connectivity index (χ1v) is 7.36. The van der Waals surface area contributed by atoms with Crippen molar-refractivity contribution in [2.45, 2.75) is 25.3 Å². The Morgan fingerprint density at radius 3 is 2.70 bits per heavy atom. The highest BCUT2D eigenvalue weighted by atomic mass is 16.3. The quantitative estimate of drug-likeness (QED) is 0.915. The van der Waals surface area contributed by atoms with E-state index in [0.29, 0.717) is 11.7 Å². The Hall–Kier alpha value is -1.80. The molecule has 0 aromatic heterocycles. The minimum Gasteiger partial charge on any atom is -0.508 e. The molecule has 0 saturated carbocycles. The van der Waals surface area contributed by atoms with Crippen LogP contribution in [0, 0.1) is 0 Å². The van der Waals surface area contributed by atoms with E-state index in [9.17, 15) is 5.11 Å². The average Bonchev–Trinajstić information content (AvgIpc) is 2.49. The third-order valence-electron chi connectivity index (χ3n) is 4.10. The molecule has 1 unspecified atom stereocenters. The molecule has 104 valence electrons. The summed E-state index contributed by atoms with van der Waals surface area (Å²) in [6.45, 7) is 3.28. The minimum atomic E-state index is 0.377. The van der Waals surface area contributed by atoms with Gasteiger partial charge in [0, 0.05) is 13.1 Å². The summed E-state index contributed by atoms with van der Waals surface area (Å²) in [4.78, 5) is 2.52. The lowest BCUT2D eigenvalue weighted by atomic mass is 9.90. The first-order valence-electron chi connectivity index (χ1n) is 7.36. The van der Waals surface area contributed by atoms with Crippen molar-refractivity contribution < 1.29 is 5.11 Å². The summed E-state index contributed by atoms with van der Waals surface area (Å²) < 4.78 is 0. The lowest BCUT2D eigenvalue weighted by Crippen LogP contribution is -2.33. The fourth-order valence-electron chi connectivity index (χ4n) is 3.09. The zero-order chi connectivity index (χ0) is 13.8. The molecule has 2 aromatic rings. The Bertz CT molecular complexity index is 552. The monoisotopic (exact) mass is 267 g/mol. The van der Waals surface area contributed by atoms with Crippen LogP contribution in [-0.2, 0) is 6.54 Å². The first-order chi connectivity index (χ1) is 9.81. The van der Waals surface area contributed by atoms with Crippen LogP contribution in [-0.4, -0.2) is 23.1 Å². The number of aromatic hydroxyl groups is 1. The lowest BCUT2D eigenvalue weighted by Gasteiger charge is -2.33. The van der Waals surface area contributed by atoms with Crippen molar-refractivity contribution in [3.63, 3.8) is 0 Å². The molecule has 1 heterocycles. The van der Waals surface area contributed by atoms with Gasteiger partial charge in [-0.2, -0.15) is 0 Å². The van der Waals surface area contributed by atoms with Crippen LogP contribution in [0.25, 0.3) is 0 Å². The number of nitrogens with zero attached hydrogens (tertiary/aromatic N) is 1. The summed E-state index contributed by atoms with van der Waals surface area (Å²) in [6.07, 6.45) is 2.45. The predicted octanol–water partition coefficient (Wildman–Crippen LogP) is 3.77. The molecule has 1 atom stereocenters. The number of hydrogen-bond acceptors (Lipinski definition) is 2. The van der Waals surface area contributed by atoms with Gasteiger partial charge in [-0.25, -0.2) is 0 Å². The van der Waals surface area contributed by atoms with Crippen LogP contribution in [0.5, 0.6) is 5.75 Å². The van der Waals surface area contributed by atoms with Gasteiger partial charge in [-0.3, -0.25) is 4.90 Å². The van der Waals surface area contributed by atoms with Gasteiger partial charge in [0.05, 0.1) is 0 Å². The van der Waals surface area contributed by atoms with Gasteiger partial charge >= 0.3 is 0 Å². The molecule has 1 aliphatic rings. The topological polar surface area (TPSA) is 23.5 Å². The van der Waals surface area contributed by atoms with Crippen LogP contribution in [0.15, 0.2) is 54.6 Å². The Labute approximate surface area is 120 Å². The minimum absolute atomic E-state index is 0.377. The Morgan fingerprint density at radius 1 is 1.05 bits per heavy atom. The van der Waals surface area contributed by atoms with Gasteiger partial charge < -0.3 is 5.11 Å². The molecule has 1 saturated heterocycles. The van der Waals surface area contributed by atoms with E-state index in [0.717, 1.165) is 13.1 Å². The number of piperidine rings is 1. The number of rotatable bonds is 3. The molecule has 1 N–H and O–H groups in total. The molecule has 2 aromatic carbocycles. The van der Waals surface area contributed by atoms with Gasteiger partial charge in [-0.05, 0) is 48.6 Å². The van der Waals surface area contributed by atoms with Crippen molar-refractivity contribution in [3.8, 4) is 5.75 Å². The molecule has 20 heavy (non-hydrogen) atoms. The summed E-state index contributed by atoms with van der Waals surface area (Å²) in [5.74, 6) is 0.919. The van der Waals surface area contributed by atoms with Crippen LogP contribution in [0.4, 0.5) is 0 Å². The standard InChI is InChI=1S/C18H21NO/c20-18-10-4-8-16(12-18)17-9-5-11-19(14-17)13-15-6-2-1-3-7-15/h1-4,6-8,10,12,17,20H,5,9,11,13-14H2. The van der Waals surface area contributed by atoms with E-state index >= 15 is 0 Å². The smallest absolute Gasteiger partial charge is 0.115 e. The van der Waals surface area contributed by atoms with Crippen LogP contribution >= 0.6 is 0 Å². The van der Waals surface area contributed by atoms with Crippen molar-refractivity contribution in [2.24, 2.45) is 0 Å². The van der Waals surface area contributed by atoms with Crippen LogP contribution < -0.4 is 0 Å². The molecule has 2 nitrogen and oxygen atoms in total. The highest BCUT2D eigenvalue weighted by Gasteiger charge is 2.21. The summed E-state index contributed by atoms with van der Waals surface area (Å²) in [5.41, 5.74) is 2.65. The SMILES string of the molecule is Oc1cccc(C2CCCN(Cc3ccccc3)C2)c1. The molecule has 1 aliphatic heterocycles. The van der Waals surface area contributed by atoms with Gasteiger partial charge in [0.1, 0.15) is 5.75 Å². The van der Waals surface area contributed by atoms with Crippen molar-refractivity contribution in [2.75, 3.05) is 13.1 Å². The van der Waals surface area contributed by atoms with Gasteiger partial charge in [0.15, 0.2) is 0 Å². The van der Waals surface area contributed by atoms with Gasteiger partial charge in [-0.1, -0.05) is 42.5 Å². The van der Waals surface area contributed by atoms with E-state index in [1.807, 2.05) is 12.1 Å². The zero-order valence-corrected chi connectivity index (χ0v) is 11.7.